The molecular formula is C16H27NO2. The second-order valence-electron chi connectivity index (χ2n) is 6.71. The number of ether oxygens (including phenoxy) is 2. The van der Waals surface area contributed by atoms with Crippen LogP contribution in [0.15, 0.2) is 24.3 Å². The van der Waals surface area contributed by atoms with Gasteiger partial charge in [-0.05, 0) is 32.9 Å². The van der Waals surface area contributed by atoms with E-state index in [1.165, 1.54) is 0 Å². The Kier molecular flexibility index (Phi) is 5.24. The van der Waals surface area contributed by atoms with Gasteiger partial charge in [-0.25, -0.2) is 0 Å². The maximum absolute atomic E-state index is 5.89. The Morgan fingerprint density at radius 3 is 2.11 bits per heavy atom. The molecule has 3 heteroatoms. The molecule has 1 aromatic carbocycles. The summed E-state index contributed by atoms with van der Waals surface area (Å²) < 4.78 is 11.2. The third kappa shape index (κ3) is 5.97. The molecule has 0 radical (unpaired) electrons. The van der Waals surface area contributed by atoms with Gasteiger partial charge in [-0.2, -0.15) is 0 Å². The molecule has 0 heterocycles. The number of nitrogens with one attached hydrogen (secondary N) is 1. The van der Waals surface area contributed by atoms with Crippen molar-refractivity contribution in [3.05, 3.63) is 24.3 Å². The summed E-state index contributed by atoms with van der Waals surface area (Å²) in [5.74, 6) is 1.58. The van der Waals surface area contributed by atoms with E-state index in [2.05, 4.69) is 39.9 Å². The van der Waals surface area contributed by atoms with Crippen molar-refractivity contribution in [3.8, 4) is 11.5 Å². The fourth-order valence-electron chi connectivity index (χ4n) is 1.57. The number of hydrogen-bond donors (Lipinski definition) is 1. The number of hydrogen-bond acceptors (Lipinski definition) is 3. The van der Waals surface area contributed by atoms with Crippen molar-refractivity contribution in [1.29, 1.82) is 0 Å². The van der Waals surface area contributed by atoms with Gasteiger partial charge < -0.3 is 14.8 Å². The third-order valence-corrected chi connectivity index (χ3v) is 2.78. The number of methoxy groups -OCH3 is 1. The molecule has 0 bridgehead atoms. The van der Waals surface area contributed by atoms with E-state index in [4.69, 9.17) is 9.47 Å². The lowest BCUT2D eigenvalue weighted by atomic mass is 9.93. The maximum Gasteiger partial charge on any atom is 0.161 e. The molecule has 0 amide bonds. The van der Waals surface area contributed by atoms with Crippen LogP contribution in [0.1, 0.15) is 34.6 Å². The van der Waals surface area contributed by atoms with Gasteiger partial charge in [0.1, 0.15) is 0 Å². The zero-order valence-electron chi connectivity index (χ0n) is 13.0. The molecule has 0 aliphatic heterocycles. The van der Waals surface area contributed by atoms with Gasteiger partial charge in [0.15, 0.2) is 11.5 Å². The second-order valence-corrected chi connectivity index (χ2v) is 6.71. The first kappa shape index (κ1) is 15.8. The van der Waals surface area contributed by atoms with Crippen molar-refractivity contribution >= 4 is 0 Å². The summed E-state index contributed by atoms with van der Waals surface area (Å²) in [6, 6.07) is 7.75. The van der Waals surface area contributed by atoms with Crippen LogP contribution in [0.5, 0.6) is 11.5 Å². The van der Waals surface area contributed by atoms with Crippen molar-refractivity contribution in [1.82, 2.24) is 5.32 Å². The van der Waals surface area contributed by atoms with Gasteiger partial charge in [-0.15, -0.1) is 0 Å². The average molecular weight is 265 g/mol. The lowest BCUT2D eigenvalue weighted by Gasteiger charge is -2.30. The largest absolute Gasteiger partial charge is 0.493 e. The molecule has 0 aliphatic rings. The van der Waals surface area contributed by atoms with Crippen molar-refractivity contribution in [3.63, 3.8) is 0 Å². The van der Waals surface area contributed by atoms with Crippen LogP contribution in [0.4, 0.5) is 0 Å². The summed E-state index contributed by atoms with van der Waals surface area (Å²) in [5, 5.41) is 3.52. The predicted molar refractivity (Wildman–Crippen MR) is 80.0 cm³/mol. The number of para-hydroxylation sites is 2. The Labute approximate surface area is 117 Å². The molecule has 0 spiro atoms. The Morgan fingerprint density at radius 1 is 1.00 bits per heavy atom. The highest BCUT2D eigenvalue weighted by atomic mass is 16.5. The fourth-order valence-corrected chi connectivity index (χ4v) is 1.57. The van der Waals surface area contributed by atoms with Crippen LogP contribution in [0.3, 0.4) is 0 Å². The molecule has 0 fully saturated rings. The van der Waals surface area contributed by atoms with Crippen LogP contribution >= 0.6 is 0 Å². The minimum absolute atomic E-state index is 0.0636. The standard InChI is InChI=1S/C16H27NO2/c1-15(2,3)17-11-16(4,5)12-19-14-10-8-7-9-13(14)18-6/h7-10,17H,11-12H2,1-6H3. The van der Waals surface area contributed by atoms with E-state index < -0.39 is 0 Å². The van der Waals surface area contributed by atoms with E-state index in [1.54, 1.807) is 7.11 Å². The minimum atomic E-state index is 0.0636. The Morgan fingerprint density at radius 2 is 1.58 bits per heavy atom. The van der Waals surface area contributed by atoms with E-state index >= 15 is 0 Å². The SMILES string of the molecule is COc1ccccc1OCC(C)(C)CNC(C)(C)C. The van der Waals surface area contributed by atoms with Crippen molar-refractivity contribution in [2.24, 2.45) is 5.41 Å². The smallest absolute Gasteiger partial charge is 0.161 e. The van der Waals surface area contributed by atoms with Crippen LogP contribution in [0.25, 0.3) is 0 Å². The molecule has 0 aromatic heterocycles. The first-order valence-corrected chi connectivity index (χ1v) is 6.74. The van der Waals surface area contributed by atoms with E-state index in [9.17, 15) is 0 Å². The summed E-state index contributed by atoms with van der Waals surface area (Å²) in [6.07, 6.45) is 0. The minimum Gasteiger partial charge on any atom is -0.493 e. The van der Waals surface area contributed by atoms with Gasteiger partial charge in [0.2, 0.25) is 0 Å². The molecule has 0 saturated carbocycles. The van der Waals surface area contributed by atoms with E-state index in [1.807, 2.05) is 24.3 Å². The van der Waals surface area contributed by atoms with E-state index in [0.717, 1.165) is 18.0 Å². The monoisotopic (exact) mass is 265 g/mol. The summed E-state index contributed by atoms with van der Waals surface area (Å²) in [5.41, 5.74) is 0.190. The highest BCUT2D eigenvalue weighted by molar-refractivity contribution is 5.39. The molecule has 0 saturated heterocycles. The summed E-state index contributed by atoms with van der Waals surface area (Å²) in [6.45, 7) is 12.5. The third-order valence-electron chi connectivity index (χ3n) is 2.78. The molecule has 1 N–H and O–H groups in total. The van der Waals surface area contributed by atoms with Gasteiger partial charge >= 0.3 is 0 Å². The van der Waals surface area contributed by atoms with Gasteiger partial charge in [-0.1, -0.05) is 26.0 Å². The van der Waals surface area contributed by atoms with Gasteiger partial charge in [0, 0.05) is 17.5 Å². The van der Waals surface area contributed by atoms with Crippen LogP contribution < -0.4 is 14.8 Å². The van der Waals surface area contributed by atoms with Crippen LogP contribution in [0, 0.1) is 5.41 Å². The number of rotatable bonds is 6. The van der Waals surface area contributed by atoms with Crippen LogP contribution in [-0.2, 0) is 0 Å². The molecule has 0 unspecified atom stereocenters. The topological polar surface area (TPSA) is 30.5 Å². The molecule has 0 aliphatic carbocycles. The van der Waals surface area contributed by atoms with Crippen molar-refractivity contribution < 1.29 is 9.47 Å². The highest BCUT2D eigenvalue weighted by Gasteiger charge is 2.22. The van der Waals surface area contributed by atoms with Crippen molar-refractivity contribution in [2.45, 2.75) is 40.2 Å². The lowest BCUT2D eigenvalue weighted by Crippen LogP contribution is -2.43. The summed E-state index contributed by atoms with van der Waals surface area (Å²) in [7, 11) is 1.66. The predicted octanol–water partition coefficient (Wildman–Crippen LogP) is 3.49. The Balaban J connectivity index is 2.55. The highest BCUT2D eigenvalue weighted by Crippen LogP contribution is 2.27. The zero-order valence-corrected chi connectivity index (χ0v) is 13.0. The summed E-state index contributed by atoms with van der Waals surface area (Å²) >= 11 is 0. The van der Waals surface area contributed by atoms with Gasteiger partial charge in [0.25, 0.3) is 0 Å². The van der Waals surface area contributed by atoms with Crippen LogP contribution in [0.2, 0.25) is 0 Å². The van der Waals surface area contributed by atoms with E-state index in [-0.39, 0.29) is 11.0 Å². The fraction of sp³-hybridized carbons (Fsp3) is 0.625. The normalized spacial score (nSPS) is 12.3. The number of benzene rings is 1. The molecule has 1 aromatic rings. The Bertz CT molecular complexity index is 394. The van der Waals surface area contributed by atoms with Crippen molar-refractivity contribution in [2.75, 3.05) is 20.3 Å². The first-order chi connectivity index (χ1) is 8.73. The second kappa shape index (κ2) is 6.29. The maximum atomic E-state index is 5.89. The average Bonchev–Trinajstić information content (AvgIpc) is 2.34. The molecule has 1 rings (SSSR count). The van der Waals surface area contributed by atoms with Crippen LogP contribution in [-0.4, -0.2) is 25.8 Å². The van der Waals surface area contributed by atoms with Gasteiger partial charge in [0.05, 0.1) is 13.7 Å². The molecule has 108 valence electrons. The first-order valence-electron chi connectivity index (χ1n) is 6.74. The quantitative estimate of drug-likeness (QED) is 0.854. The van der Waals surface area contributed by atoms with E-state index in [0.29, 0.717) is 6.61 Å². The lowest BCUT2D eigenvalue weighted by molar-refractivity contribution is 0.161. The molecule has 19 heavy (non-hydrogen) atoms. The molecule has 0 atom stereocenters. The molecule has 3 nitrogen and oxygen atoms in total. The summed E-state index contributed by atoms with van der Waals surface area (Å²) in [4.78, 5) is 0. The Hall–Kier alpha value is -1.22. The van der Waals surface area contributed by atoms with Gasteiger partial charge in [-0.3, -0.25) is 0 Å². The molecular weight excluding hydrogens is 238 g/mol. The zero-order chi connectivity index (χ0) is 14.5.